The van der Waals surface area contributed by atoms with Gasteiger partial charge in [0.25, 0.3) is 11.5 Å². The Labute approximate surface area is 154 Å². The largest absolute Gasteiger partial charge is 0.384 e. The molecule has 0 radical (unpaired) electrons. The van der Waals surface area contributed by atoms with Crippen LogP contribution in [0.25, 0.3) is 0 Å². The van der Waals surface area contributed by atoms with E-state index >= 15 is 0 Å². The summed E-state index contributed by atoms with van der Waals surface area (Å²) in [5.74, 6) is -0.304. The number of hydrazone groups is 1. The maximum Gasteiger partial charge on any atom is 0.332 e. The highest BCUT2D eigenvalue weighted by atomic mass is 35.5. The van der Waals surface area contributed by atoms with Gasteiger partial charge in [0.1, 0.15) is 11.4 Å². The van der Waals surface area contributed by atoms with Gasteiger partial charge in [0.2, 0.25) is 0 Å². The summed E-state index contributed by atoms with van der Waals surface area (Å²) in [7, 11) is 1.37. The molecule has 0 fully saturated rings. The second-order valence-electron chi connectivity index (χ2n) is 6.16. The third-order valence-electron chi connectivity index (χ3n) is 3.63. The highest BCUT2D eigenvalue weighted by Gasteiger charge is 2.15. The molecule has 0 aliphatic carbocycles. The number of nitrogens with zero attached hydrogens (tertiary/aromatic N) is 3. The predicted molar refractivity (Wildman–Crippen MR) is 102 cm³/mol. The van der Waals surface area contributed by atoms with Crippen LogP contribution >= 0.6 is 11.6 Å². The molecule has 0 aliphatic heterocycles. The number of nitrogens with one attached hydrogen (secondary N) is 1. The minimum atomic E-state index is -0.586. The molecule has 1 aromatic heterocycles. The summed E-state index contributed by atoms with van der Waals surface area (Å²) < 4.78 is 2.27. The van der Waals surface area contributed by atoms with E-state index in [1.807, 2.05) is 13.8 Å². The van der Waals surface area contributed by atoms with Crippen LogP contribution in [0.5, 0.6) is 0 Å². The standard InChI is InChI=1S/C17H20ClN5O3/c1-10(2)9-23-14(19)13(16(25)22(3)17(23)26)8-20-21-15(24)11-4-6-12(18)7-5-11/h4-8,10H,9,19H2,1-3H3,(H,21,24)/b20-8-. The molecule has 0 aliphatic rings. The number of hydrogen-bond acceptors (Lipinski definition) is 5. The Morgan fingerprint density at radius 2 is 1.92 bits per heavy atom. The minimum absolute atomic E-state index is 0.0105. The quantitative estimate of drug-likeness (QED) is 0.602. The SMILES string of the molecule is CC(C)Cn1c(N)c(/C=N\NC(=O)c2ccc(Cl)cc2)c(=O)n(C)c1=O. The summed E-state index contributed by atoms with van der Waals surface area (Å²) >= 11 is 5.77. The monoisotopic (exact) mass is 377 g/mol. The first kappa shape index (κ1) is 19.5. The lowest BCUT2D eigenvalue weighted by Crippen LogP contribution is -2.42. The second kappa shape index (κ2) is 8.01. The fourth-order valence-electron chi connectivity index (χ4n) is 2.29. The van der Waals surface area contributed by atoms with Crippen LogP contribution in [0.3, 0.4) is 0 Å². The number of anilines is 1. The van der Waals surface area contributed by atoms with Gasteiger partial charge >= 0.3 is 5.69 Å². The van der Waals surface area contributed by atoms with Gasteiger partial charge in [0.15, 0.2) is 0 Å². The second-order valence-corrected chi connectivity index (χ2v) is 6.59. The van der Waals surface area contributed by atoms with E-state index in [4.69, 9.17) is 17.3 Å². The van der Waals surface area contributed by atoms with Gasteiger partial charge in [-0.3, -0.25) is 18.7 Å². The lowest BCUT2D eigenvalue weighted by Gasteiger charge is -2.14. The molecule has 2 aromatic rings. The van der Waals surface area contributed by atoms with Crippen LogP contribution in [0.2, 0.25) is 5.02 Å². The topological polar surface area (TPSA) is 111 Å². The van der Waals surface area contributed by atoms with Gasteiger partial charge in [0.05, 0.1) is 6.21 Å². The van der Waals surface area contributed by atoms with Crippen molar-refractivity contribution in [2.24, 2.45) is 18.1 Å². The summed E-state index contributed by atoms with van der Waals surface area (Å²) in [5, 5.41) is 4.29. The third-order valence-corrected chi connectivity index (χ3v) is 3.89. The zero-order chi connectivity index (χ0) is 19.4. The van der Waals surface area contributed by atoms with Crippen molar-refractivity contribution in [2.45, 2.75) is 20.4 Å². The van der Waals surface area contributed by atoms with E-state index in [-0.39, 0.29) is 17.3 Å². The molecule has 1 heterocycles. The molecular weight excluding hydrogens is 358 g/mol. The molecule has 0 spiro atoms. The molecule has 3 N–H and O–H groups in total. The highest BCUT2D eigenvalue weighted by molar-refractivity contribution is 6.30. The molecule has 0 saturated carbocycles. The molecule has 1 aromatic carbocycles. The summed E-state index contributed by atoms with van der Waals surface area (Å²) in [5.41, 5.74) is 7.60. The fraction of sp³-hybridized carbons (Fsp3) is 0.294. The van der Waals surface area contributed by atoms with Gasteiger partial charge in [-0.2, -0.15) is 5.10 Å². The zero-order valence-corrected chi connectivity index (χ0v) is 15.4. The first-order chi connectivity index (χ1) is 12.2. The Hall–Kier alpha value is -2.87. The van der Waals surface area contributed by atoms with Gasteiger partial charge in [-0.1, -0.05) is 25.4 Å². The first-order valence-electron chi connectivity index (χ1n) is 7.90. The third kappa shape index (κ3) is 4.20. The van der Waals surface area contributed by atoms with E-state index in [9.17, 15) is 14.4 Å². The lowest BCUT2D eigenvalue weighted by molar-refractivity contribution is 0.0955. The maximum absolute atomic E-state index is 12.3. The normalized spacial score (nSPS) is 11.3. The van der Waals surface area contributed by atoms with E-state index in [1.165, 1.54) is 11.6 Å². The molecule has 0 unspecified atom stereocenters. The van der Waals surface area contributed by atoms with Crippen molar-refractivity contribution >= 4 is 29.5 Å². The van der Waals surface area contributed by atoms with Gasteiger partial charge < -0.3 is 5.73 Å². The van der Waals surface area contributed by atoms with E-state index in [2.05, 4.69) is 10.5 Å². The fourth-order valence-corrected chi connectivity index (χ4v) is 2.42. The van der Waals surface area contributed by atoms with Crippen LogP contribution in [0, 0.1) is 5.92 Å². The summed E-state index contributed by atoms with van der Waals surface area (Å²) in [6.07, 6.45) is 1.14. The number of halogens is 1. The maximum atomic E-state index is 12.3. The van der Waals surface area contributed by atoms with Gasteiger partial charge in [-0.05, 0) is 30.2 Å². The lowest BCUT2D eigenvalue weighted by atomic mass is 10.2. The predicted octanol–water partition coefficient (Wildman–Crippen LogP) is 1.20. The number of hydrogen-bond donors (Lipinski definition) is 2. The Morgan fingerprint density at radius 1 is 1.31 bits per heavy atom. The Balaban J connectivity index is 2.31. The van der Waals surface area contributed by atoms with Crippen molar-refractivity contribution < 1.29 is 4.79 Å². The molecular formula is C17H20ClN5O3. The highest BCUT2D eigenvalue weighted by Crippen LogP contribution is 2.09. The number of carbonyl (C=O) groups excluding carboxylic acids is 1. The Morgan fingerprint density at radius 3 is 2.50 bits per heavy atom. The van der Waals surface area contributed by atoms with Crippen molar-refractivity contribution in [2.75, 3.05) is 5.73 Å². The summed E-state index contributed by atoms with van der Waals surface area (Å²) in [4.78, 5) is 36.5. The average Bonchev–Trinajstić information content (AvgIpc) is 2.60. The van der Waals surface area contributed by atoms with Crippen molar-refractivity contribution in [3.63, 3.8) is 0 Å². The van der Waals surface area contributed by atoms with E-state index in [0.29, 0.717) is 17.1 Å². The van der Waals surface area contributed by atoms with Crippen LogP contribution in [-0.2, 0) is 13.6 Å². The molecule has 0 atom stereocenters. The van der Waals surface area contributed by atoms with Crippen molar-refractivity contribution in [3.8, 4) is 0 Å². The summed E-state index contributed by atoms with van der Waals surface area (Å²) in [6, 6.07) is 6.25. The molecule has 138 valence electrons. The number of carbonyl (C=O) groups is 1. The van der Waals surface area contributed by atoms with Crippen LogP contribution in [0.15, 0.2) is 39.0 Å². The number of nitrogens with two attached hydrogens (primary N) is 1. The van der Waals surface area contributed by atoms with Crippen LogP contribution < -0.4 is 22.4 Å². The zero-order valence-electron chi connectivity index (χ0n) is 14.7. The van der Waals surface area contributed by atoms with E-state index in [1.54, 1.807) is 24.3 Å². The molecule has 0 saturated heterocycles. The molecule has 2 rings (SSSR count). The number of aromatic nitrogens is 2. The van der Waals surface area contributed by atoms with Crippen molar-refractivity contribution in [1.82, 2.24) is 14.6 Å². The molecule has 26 heavy (non-hydrogen) atoms. The number of benzene rings is 1. The van der Waals surface area contributed by atoms with E-state index < -0.39 is 17.2 Å². The summed E-state index contributed by atoms with van der Waals surface area (Å²) in [6.45, 7) is 4.21. The number of nitrogen functional groups attached to an aromatic ring is 1. The first-order valence-corrected chi connectivity index (χ1v) is 8.28. The minimum Gasteiger partial charge on any atom is -0.384 e. The smallest absolute Gasteiger partial charge is 0.332 e. The molecule has 8 nitrogen and oxygen atoms in total. The molecule has 1 amide bonds. The van der Waals surface area contributed by atoms with Gasteiger partial charge in [0, 0.05) is 24.2 Å². The van der Waals surface area contributed by atoms with Crippen molar-refractivity contribution in [1.29, 1.82) is 0 Å². The van der Waals surface area contributed by atoms with Gasteiger partial charge in [-0.25, -0.2) is 10.2 Å². The van der Waals surface area contributed by atoms with Crippen LogP contribution in [-0.4, -0.2) is 21.3 Å². The van der Waals surface area contributed by atoms with Crippen LogP contribution in [0.1, 0.15) is 29.8 Å². The van der Waals surface area contributed by atoms with Gasteiger partial charge in [-0.15, -0.1) is 0 Å². The molecule has 0 bridgehead atoms. The number of rotatable bonds is 5. The Bertz CT molecular complexity index is 958. The van der Waals surface area contributed by atoms with E-state index in [0.717, 1.165) is 10.8 Å². The Kier molecular flexibility index (Phi) is 5.99. The van der Waals surface area contributed by atoms with Crippen molar-refractivity contribution in [3.05, 3.63) is 61.3 Å². The van der Waals surface area contributed by atoms with Crippen LogP contribution in [0.4, 0.5) is 5.82 Å². The number of amides is 1. The average molecular weight is 378 g/mol. The molecule has 9 heteroatoms.